The van der Waals surface area contributed by atoms with Crippen molar-refractivity contribution in [1.82, 2.24) is 5.32 Å². The highest BCUT2D eigenvalue weighted by Gasteiger charge is 2.13. The zero-order valence-corrected chi connectivity index (χ0v) is 12.2. The molecule has 19 heavy (non-hydrogen) atoms. The molecular formula is C15H24N2O2. The van der Waals surface area contributed by atoms with Gasteiger partial charge in [0, 0.05) is 18.7 Å². The van der Waals surface area contributed by atoms with Crippen molar-refractivity contribution in [2.24, 2.45) is 0 Å². The minimum atomic E-state index is -0.648. The zero-order chi connectivity index (χ0) is 14.5. The molecule has 1 atom stereocenters. The van der Waals surface area contributed by atoms with Crippen LogP contribution in [0.15, 0.2) is 24.3 Å². The van der Waals surface area contributed by atoms with Crippen molar-refractivity contribution >= 4 is 11.6 Å². The van der Waals surface area contributed by atoms with Gasteiger partial charge in [0.1, 0.15) is 0 Å². The van der Waals surface area contributed by atoms with Crippen molar-refractivity contribution in [3.05, 3.63) is 29.8 Å². The maximum Gasteiger partial charge on any atom is 0.221 e. The normalized spacial score (nSPS) is 13.1. The largest absolute Gasteiger partial charge is 0.390 e. The van der Waals surface area contributed by atoms with E-state index >= 15 is 0 Å². The molecule has 0 radical (unpaired) electrons. The second kappa shape index (κ2) is 6.68. The van der Waals surface area contributed by atoms with Gasteiger partial charge in [0.15, 0.2) is 0 Å². The van der Waals surface area contributed by atoms with E-state index in [4.69, 9.17) is 0 Å². The van der Waals surface area contributed by atoms with Gasteiger partial charge >= 0.3 is 0 Å². The summed E-state index contributed by atoms with van der Waals surface area (Å²) in [6.07, 6.45) is 0.697. The first-order valence-electron chi connectivity index (χ1n) is 6.61. The topological polar surface area (TPSA) is 61.4 Å². The van der Waals surface area contributed by atoms with Crippen molar-refractivity contribution in [3.8, 4) is 0 Å². The van der Waals surface area contributed by atoms with E-state index in [1.165, 1.54) is 6.92 Å². The molecule has 0 saturated heterocycles. The molecular weight excluding hydrogens is 240 g/mol. The van der Waals surface area contributed by atoms with Crippen LogP contribution >= 0.6 is 0 Å². The maximum absolute atomic E-state index is 11.0. The molecule has 1 amide bonds. The van der Waals surface area contributed by atoms with E-state index < -0.39 is 5.60 Å². The molecule has 0 aliphatic carbocycles. The average Bonchev–Trinajstić information content (AvgIpc) is 2.26. The fraction of sp³-hybridized carbons (Fsp3) is 0.533. The lowest BCUT2D eigenvalue weighted by Crippen LogP contribution is -2.28. The molecule has 1 aromatic rings. The van der Waals surface area contributed by atoms with Crippen LogP contribution in [-0.2, 0) is 4.79 Å². The molecule has 0 aliphatic rings. The monoisotopic (exact) mass is 264 g/mol. The Hall–Kier alpha value is -1.39. The first-order chi connectivity index (χ1) is 8.78. The Kier molecular flexibility index (Phi) is 5.51. The number of carbonyl (C=O) groups excluding carboxylic acids is 1. The number of rotatable bonds is 6. The molecule has 0 saturated carbocycles. The van der Waals surface area contributed by atoms with Gasteiger partial charge in [0.05, 0.1) is 5.60 Å². The van der Waals surface area contributed by atoms with Crippen molar-refractivity contribution in [2.75, 3.05) is 11.9 Å². The minimum Gasteiger partial charge on any atom is -0.390 e. The molecule has 1 unspecified atom stereocenters. The molecule has 0 fully saturated rings. The van der Waals surface area contributed by atoms with Gasteiger partial charge in [-0.1, -0.05) is 12.1 Å². The molecule has 0 heterocycles. The molecule has 4 heteroatoms. The summed E-state index contributed by atoms with van der Waals surface area (Å²) in [7, 11) is 0. The van der Waals surface area contributed by atoms with Crippen molar-refractivity contribution in [1.29, 1.82) is 0 Å². The van der Waals surface area contributed by atoms with Gasteiger partial charge in [-0.3, -0.25) is 4.79 Å². The first kappa shape index (κ1) is 15.7. The lowest BCUT2D eigenvalue weighted by molar-refractivity contribution is -0.114. The number of benzene rings is 1. The van der Waals surface area contributed by atoms with Crippen LogP contribution in [0.3, 0.4) is 0 Å². The lowest BCUT2D eigenvalue weighted by atomic mass is 10.0. The molecule has 106 valence electrons. The van der Waals surface area contributed by atoms with Crippen LogP contribution in [0.5, 0.6) is 0 Å². The molecule has 1 aromatic carbocycles. The molecule has 0 spiro atoms. The number of hydrogen-bond donors (Lipinski definition) is 3. The van der Waals surface area contributed by atoms with Gasteiger partial charge in [0.25, 0.3) is 0 Å². The Bertz CT molecular complexity index is 424. The standard InChI is InChI=1S/C15H24N2O2/c1-11(16-9-8-15(3,4)19)13-6-5-7-14(10-13)17-12(2)18/h5-7,10-11,16,19H,8-9H2,1-4H3,(H,17,18). The van der Waals surface area contributed by atoms with E-state index in [1.54, 1.807) is 13.8 Å². The zero-order valence-electron chi connectivity index (χ0n) is 12.2. The second-order valence-electron chi connectivity index (χ2n) is 5.54. The molecule has 4 nitrogen and oxygen atoms in total. The van der Waals surface area contributed by atoms with E-state index in [0.29, 0.717) is 6.42 Å². The number of amides is 1. The van der Waals surface area contributed by atoms with Crippen molar-refractivity contribution < 1.29 is 9.90 Å². The average molecular weight is 264 g/mol. The molecule has 1 rings (SSSR count). The summed E-state index contributed by atoms with van der Waals surface area (Å²) < 4.78 is 0. The highest BCUT2D eigenvalue weighted by molar-refractivity contribution is 5.88. The van der Waals surface area contributed by atoms with E-state index in [-0.39, 0.29) is 11.9 Å². The van der Waals surface area contributed by atoms with E-state index in [0.717, 1.165) is 17.8 Å². The maximum atomic E-state index is 11.0. The predicted molar refractivity (Wildman–Crippen MR) is 78.1 cm³/mol. The quantitative estimate of drug-likeness (QED) is 0.739. The van der Waals surface area contributed by atoms with Crippen LogP contribution in [0.1, 0.15) is 45.7 Å². The van der Waals surface area contributed by atoms with Gasteiger partial charge in [0.2, 0.25) is 5.91 Å². The van der Waals surface area contributed by atoms with Crippen LogP contribution in [-0.4, -0.2) is 23.2 Å². The third-order valence-electron chi connectivity index (χ3n) is 2.89. The van der Waals surface area contributed by atoms with Crippen LogP contribution in [0.2, 0.25) is 0 Å². The summed E-state index contributed by atoms with van der Waals surface area (Å²) in [5.41, 5.74) is 1.27. The Balaban J connectivity index is 2.56. The van der Waals surface area contributed by atoms with Gasteiger partial charge in [-0.15, -0.1) is 0 Å². The van der Waals surface area contributed by atoms with E-state index in [2.05, 4.69) is 17.6 Å². The summed E-state index contributed by atoms with van der Waals surface area (Å²) in [4.78, 5) is 11.0. The van der Waals surface area contributed by atoms with Gasteiger partial charge in [-0.25, -0.2) is 0 Å². The van der Waals surface area contributed by atoms with Crippen LogP contribution in [0.25, 0.3) is 0 Å². The summed E-state index contributed by atoms with van der Waals surface area (Å²) in [6, 6.07) is 7.95. The Morgan fingerprint density at radius 3 is 2.68 bits per heavy atom. The third-order valence-corrected chi connectivity index (χ3v) is 2.89. The predicted octanol–water partition coefficient (Wildman–Crippen LogP) is 2.46. The number of nitrogens with one attached hydrogen (secondary N) is 2. The van der Waals surface area contributed by atoms with E-state index in [1.807, 2.05) is 24.3 Å². The number of anilines is 1. The van der Waals surface area contributed by atoms with Gasteiger partial charge < -0.3 is 15.7 Å². The minimum absolute atomic E-state index is 0.0696. The lowest BCUT2D eigenvalue weighted by Gasteiger charge is -2.20. The molecule has 0 aliphatic heterocycles. The summed E-state index contributed by atoms with van der Waals surface area (Å²) in [6.45, 7) is 7.91. The number of hydrogen-bond acceptors (Lipinski definition) is 3. The molecule has 0 bridgehead atoms. The van der Waals surface area contributed by atoms with E-state index in [9.17, 15) is 9.90 Å². The Morgan fingerprint density at radius 1 is 1.42 bits per heavy atom. The number of aliphatic hydroxyl groups is 1. The summed E-state index contributed by atoms with van der Waals surface area (Å²) >= 11 is 0. The second-order valence-corrected chi connectivity index (χ2v) is 5.54. The van der Waals surface area contributed by atoms with Crippen LogP contribution in [0, 0.1) is 0 Å². The first-order valence-corrected chi connectivity index (χ1v) is 6.61. The Labute approximate surface area is 115 Å². The molecule has 0 aromatic heterocycles. The van der Waals surface area contributed by atoms with Gasteiger partial charge in [-0.05, 0) is 51.4 Å². The SMILES string of the molecule is CC(=O)Nc1cccc(C(C)NCCC(C)(C)O)c1. The highest BCUT2D eigenvalue weighted by atomic mass is 16.3. The van der Waals surface area contributed by atoms with Gasteiger partial charge in [-0.2, -0.15) is 0 Å². The summed E-state index contributed by atoms with van der Waals surface area (Å²) in [5, 5.41) is 15.8. The fourth-order valence-electron chi connectivity index (χ4n) is 1.80. The third kappa shape index (κ3) is 6.36. The molecule has 3 N–H and O–H groups in total. The van der Waals surface area contributed by atoms with Crippen molar-refractivity contribution in [3.63, 3.8) is 0 Å². The van der Waals surface area contributed by atoms with Crippen LogP contribution < -0.4 is 10.6 Å². The van der Waals surface area contributed by atoms with Crippen molar-refractivity contribution in [2.45, 2.75) is 45.8 Å². The number of carbonyl (C=O) groups is 1. The summed E-state index contributed by atoms with van der Waals surface area (Å²) in [5.74, 6) is -0.0696. The Morgan fingerprint density at radius 2 is 2.11 bits per heavy atom. The fourth-order valence-corrected chi connectivity index (χ4v) is 1.80. The highest BCUT2D eigenvalue weighted by Crippen LogP contribution is 2.17. The van der Waals surface area contributed by atoms with Crippen LogP contribution in [0.4, 0.5) is 5.69 Å². The smallest absolute Gasteiger partial charge is 0.221 e.